The summed E-state index contributed by atoms with van der Waals surface area (Å²) in [6.45, 7) is 2.75. The number of rotatable bonds is 15. The van der Waals surface area contributed by atoms with Crippen molar-refractivity contribution in [2.45, 2.75) is 94.9 Å². The standard InChI is InChI=1S/C35H54N8O6/c1-21-9-10-22-16-24(21)19-30(35(49)42-28(7-4-13-36)33(47)40-15-3-2-6-26(38)20-44)43-34(48)29(8-5-14-37)41-32(46)27(39)18-25-17-23(22)11-12-31(25)45/h9-12,16-17,26-30,44-45H,2-8,13-15,18-20,36-39H2,1H3,(H,40,47)(H,41,46)(H,42,49)(H,43,48)/t26-,27-,28-,29-,30-/m0/s1. The van der Waals surface area contributed by atoms with Gasteiger partial charge in [-0.3, -0.25) is 19.2 Å². The summed E-state index contributed by atoms with van der Waals surface area (Å²) in [5, 5.41) is 30.9. The van der Waals surface area contributed by atoms with Crippen LogP contribution in [-0.4, -0.2) is 90.3 Å². The molecule has 4 amide bonds. The molecule has 0 unspecified atom stereocenters. The maximum Gasteiger partial charge on any atom is 0.243 e. The number of nitrogens with one attached hydrogen (secondary N) is 4. The number of hydrogen-bond acceptors (Lipinski definition) is 10. The molecular formula is C35H54N8O6. The first kappa shape index (κ1) is 39.4. The number of unbranched alkanes of at least 4 members (excludes halogenated alkanes) is 1. The summed E-state index contributed by atoms with van der Waals surface area (Å²) in [7, 11) is 0. The first-order valence-corrected chi connectivity index (χ1v) is 17.1. The predicted molar refractivity (Wildman–Crippen MR) is 188 cm³/mol. The minimum atomic E-state index is -1.11. The van der Waals surface area contributed by atoms with E-state index < -0.39 is 41.9 Å². The topological polar surface area (TPSA) is 261 Å². The Balaban J connectivity index is 1.94. The van der Waals surface area contributed by atoms with E-state index in [4.69, 9.17) is 28.0 Å². The summed E-state index contributed by atoms with van der Waals surface area (Å²) < 4.78 is 0. The Bertz CT molecular complexity index is 1420. The number of aryl methyl sites for hydroxylation is 1. The highest BCUT2D eigenvalue weighted by molar-refractivity contribution is 5.95. The fraction of sp³-hybridized carbons (Fsp3) is 0.543. The van der Waals surface area contributed by atoms with E-state index in [2.05, 4.69) is 21.3 Å². The first-order chi connectivity index (χ1) is 23.5. The number of hydrogen-bond donors (Lipinski definition) is 10. The lowest BCUT2D eigenvalue weighted by Crippen LogP contribution is -2.58. The molecular weight excluding hydrogens is 628 g/mol. The molecule has 14 nitrogen and oxygen atoms in total. The Morgan fingerprint density at radius 3 is 2.31 bits per heavy atom. The zero-order chi connectivity index (χ0) is 35.9. The number of phenols is 1. The van der Waals surface area contributed by atoms with Crippen LogP contribution in [0.1, 0.15) is 61.6 Å². The van der Waals surface area contributed by atoms with E-state index >= 15 is 0 Å². The van der Waals surface area contributed by atoms with Crippen molar-refractivity contribution < 1.29 is 29.4 Å². The van der Waals surface area contributed by atoms with Crippen molar-refractivity contribution in [2.24, 2.45) is 22.9 Å². The van der Waals surface area contributed by atoms with E-state index in [0.717, 1.165) is 22.3 Å². The third kappa shape index (κ3) is 12.1. The molecule has 0 radical (unpaired) electrons. The molecule has 4 bridgehead atoms. The van der Waals surface area contributed by atoms with Gasteiger partial charge < -0.3 is 54.4 Å². The second kappa shape index (κ2) is 19.8. The molecule has 49 heavy (non-hydrogen) atoms. The first-order valence-electron chi connectivity index (χ1n) is 17.1. The highest BCUT2D eigenvalue weighted by Crippen LogP contribution is 2.29. The molecule has 1 heterocycles. The minimum absolute atomic E-state index is 0.00284. The summed E-state index contributed by atoms with van der Waals surface area (Å²) in [6, 6.07) is 6.41. The summed E-state index contributed by atoms with van der Waals surface area (Å²) in [4.78, 5) is 54.2. The molecule has 5 atom stereocenters. The van der Waals surface area contributed by atoms with Gasteiger partial charge in [0.2, 0.25) is 23.6 Å². The van der Waals surface area contributed by atoms with Gasteiger partial charge in [0.15, 0.2) is 0 Å². The van der Waals surface area contributed by atoms with Crippen LogP contribution in [0.25, 0.3) is 11.1 Å². The third-order valence-corrected chi connectivity index (χ3v) is 8.79. The second-order valence-corrected chi connectivity index (χ2v) is 12.8. The summed E-state index contributed by atoms with van der Waals surface area (Å²) in [6.07, 6.45) is 3.49. The van der Waals surface area contributed by atoms with Gasteiger partial charge >= 0.3 is 0 Å². The number of phenolic OH excluding ortho intramolecular Hbond substituents is 1. The third-order valence-electron chi connectivity index (χ3n) is 8.79. The van der Waals surface area contributed by atoms with Crippen molar-refractivity contribution in [3.63, 3.8) is 0 Å². The number of amides is 4. The normalized spacial score (nSPS) is 19.4. The molecule has 0 fully saturated rings. The number of benzene rings is 2. The highest BCUT2D eigenvalue weighted by Gasteiger charge is 2.31. The van der Waals surface area contributed by atoms with Gasteiger partial charge in [0.1, 0.15) is 23.9 Å². The molecule has 270 valence electrons. The summed E-state index contributed by atoms with van der Waals surface area (Å²) >= 11 is 0. The van der Waals surface area contributed by atoms with Gasteiger partial charge in [-0.2, -0.15) is 0 Å². The molecule has 2 aromatic carbocycles. The number of aromatic hydroxyl groups is 1. The summed E-state index contributed by atoms with van der Waals surface area (Å²) in [5.74, 6) is -2.13. The van der Waals surface area contributed by atoms with Crippen LogP contribution in [0.3, 0.4) is 0 Å². The van der Waals surface area contributed by atoms with Crippen LogP contribution < -0.4 is 44.2 Å². The molecule has 0 saturated heterocycles. The molecule has 14 N–H and O–H groups in total. The van der Waals surface area contributed by atoms with E-state index in [1.165, 1.54) is 0 Å². The quantitative estimate of drug-likeness (QED) is 0.106. The van der Waals surface area contributed by atoms with Gasteiger partial charge in [0, 0.05) is 25.4 Å². The number of carbonyl (C=O) groups excluding carboxylic acids is 4. The maximum atomic E-state index is 14.0. The Labute approximate surface area is 288 Å². The lowest BCUT2D eigenvalue weighted by Gasteiger charge is -2.26. The molecule has 0 spiro atoms. The molecule has 14 heteroatoms. The Hall–Kier alpha value is -4.08. The minimum Gasteiger partial charge on any atom is -0.508 e. The molecule has 0 saturated carbocycles. The van der Waals surface area contributed by atoms with Crippen LogP contribution in [-0.2, 0) is 32.0 Å². The van der Waals surface area contributed by atoms with Crippen LogP contribution >= 0.6 is 0 Å². The second-order valence-electron chi connectivity index (χ2n) is 12.8. The molecule has 0 aromatic heterocycles. The van der Waals surface area contributed by atoms with Crippen molar-refractivity contribution >= 4 is 23.6 Å². The fourth-order valence-electron chi connectivity index (χ4n) is 5.72. The molecule has 1 aliphatic rings. The van der Waals surface area contributed by atoms with Crippen LogP contribution in [0, 0.1) is 6.92 Å². The van der Waals surface area contributed by atoms with E-state index in [1.807, 2.05) is 25.1 Å². The number of aliphatic hydroxyl groups excluding tert-OH is 1. The number of aliphatic hydroxyl groups is 1. The van der Waals surface area contributed by atoms with Gasteiger partial charge in [0.05, 0.1) is 12.6 Å². The van der Waals surface area contributed by atoms with Gasteiger partial charge in [-0.25, -0.2) is 0 Å². The number of carbonyl (C=O) groups is 4. The Kier molecular flexibility index (Phi) is 15.9. The van der Waals surface area contributed by atoms with Crippen molar-refractivity contribution in [3.05, 3.63) is 53.1 Å². The fourth-order valence-corrected chi connectivity index (χ4v) is 5.72. The van der Waals surface area contributed by atoms with E-state index in [9.17, 15) is 24.3 Å². The predicted octanol–water partition coefficient (Wildman–Crippen LogP) is -0.668. The highest BCUT2D eigenvalue weighted by atomic mass is 16.3. The smallest absolute Gasteiger partial charge is 0.243 e. The van der Waals surface area contributed by atoms with Crippen LogP contribution in [0.5, 0.6) is 5.75 Å². The lowest BCUT2D eigenvalue weighted by molar-refractivity contribution is -0.134. The van der Waals surface area contributed by atoms with Crippen LogP contribution in [0.15, 0.2) is 36.4 Å². The zero-order valence-corrected chi connectivity index (χ0v) is 28.4. The Morgan fingerprint density at radius 2 is 1.61 bits per heavy atom. The maximum absolute atomic E-state index is 14.0. The molecule has 3 rings (SSSR count). The Morgan fingerprint density at radius 1 is 0.918 bits per heavy atom. The van der Waals surface area contributed by atoms with Crippen LogP contribution in [0.2, 0.25) is 0 Å². The van der Waals surface area contributed by atoms with Gasteiger partial charge in [-0.15, -0.1) is 0 Å². The van der Waals surface area contributed by atoms with Gasteiger partial charge in [-0.1, -0.05) is 30.7 Å². The van der Waals surface area contributed by atoms with Crippen molar-refractivity contribution in [1.29, 1.82) is 0 Å². The van der Waals surface area contributed by atoms with Crippen LogP contribution in [0.4, 0.5) is 0 Å². The van der Waals surface area contributed by atoms with E-state index in [-0.39, 0.29) is 56.5 Å². The van der Waals surface area contributed by atoms with E-state index in [1.54, 1.807) is 18.2 Å². The van der Waals surface area contributed by atoms with Gasteiger partial charge in [0.25, 0.3) is 0 Å². The van der Waals surface area contributed by atoms with Crippen molar-refractivity contribution in [3.8, 4) is 16.9 Å². The largest absolute Gasteiger partial charge is 0.508 e. The molecule has 0 aliphatic carbocycles. The average molecular weight is 683 g/mol. The average Bonchev–Trinajstić information content (AvgIpc) is 3.08. The number of nitrogens with two attached hydrogens (primary N) is 4. The molecule has 2 aromatic rings. The van der Waals surface area contributed by atoms with E-state index in [0.29, 0.717) is 50.8 Å². The SMILES string of the molecule is Cc1ccc2cc1C[C@@H](C(=O)N[C@@H](CCCN)C(=O)NCCCC[C@H](N)CO)NC(=O)[C@H](CCCN)NC(=O)[C@@H](N)Cc1cc-2ccc1O. The summed E-state index contributed by atoms with van der Waals surface area (Å²) in [5.41, 5.74) is 27.2. The van der Waals surface area contributed by atoms with Crippen molar-refractivity contribution in [2.75, 3.05) is 26.2 Å². The molecule has 1 aliphatic heterocycles. The monoisotopic (exact) mass is 682 g/mol. The zero-order valence-electron chi connectivity index (χ0n) is 28.4. The lowest BCUT2D eigenvalue weighted by atomic mass is 9.93. The number of fused-ring (bicyclic) bond motifs is 5. The van der Waals surface area contributed by atoms with Gasteiger partial charge in [-0.05, 0) is 98.5 Å². The van der Waals surface area contributed by atoms with Crippen molar-refractivity contribution in [1.82, 2.24) is 21.3 Å².